The maximum atomic E-state index is 9.87. The van der Waals surface area contributed by atoms with Crippen molar-refractivity contribution in [2.75, 3.05) is 9.80 Å². The summed E-state index contributed by atoms with van der Waals surface area (Å²) in [6.07, 6.45) is 0. The quantitative estimate of drug-likeness (QED) is 0.149. The third-order valence-corrected chi connectivity index (χ3v) is 10.8. The zero-order valence-electron chi connectivity index (χ0n) is 45.6. The van der Waals surface area contributed by atoms with Crippen molar-refractivity contribution in [1.29, 1.82) is 0 Å². The normalized spacial score (nSPS) is 15.5. The van der Waals surface area contributed by atoms with Gasteiger partial charge in [0.15, 0.2) is 0 Å². The number of hydrogen-bond donors (Lipinski definition) is 0. The van der Waals surface area contributed by atoms with Crippen molar-refractivity contribution in [3.63, 3.8) is 0 Å². The molecule has 62 heavy (non-hydrogen) atoms. The summed E-state index contributed by atoms with van der Waals surface area (Å²) in [5, 5.41) is 0.379. The van der Waals surface area contributed by atoms with Crippen LogP contribution in [0, 0.1) is 18.8 Å². The van der Waals surface area contributed by atoms with Crippen LogP contribution in [0.1, 0.15) is 42.8 Å². The molecule has 1 aliphatic rings. The summed E-state index contributed by atoms with van der Waals surface area (Å²) in [6, 6.07) is 39.8. The van der Waals surface area contributed by atoms with Crippen molar-refractivity contribution in [1.82, 2.24) is 14.1 Å². The van der Waals surface area contributed by atoms with Gasteiger partial charge in [-0.2, -0.15) is 12.1 Å². The number of nitrogens with zero attached hydrogens (tertiary/aromatic N) is 5. The summed E-state index contributed by atoms with van der Waals surface area (Å²) in [4.78, 5) is 8.27. The molecule has 0 fully saturated rings. The summed E-state index contributed by atoms with van der Waals surface area (Å²) >= 11 is 0. The van der Waals surface area contributed by atoms with Crippen molar-refractivity contribution in [2.24, 2.45) is 6.98 Å². The van der Waals surface area contributed by atoms with Crippen LogP contribution in [0.15, 0.2) is 176 Å². The van der Waals surface area contributed by atoms with E-state index in [0.29, 0.717) is 39.3 Å². The van der Waals surface area contributed by atoms with E-state index in [1.807, 2.05) is 111 Å². The van der Waals surface area contributed by atoms with Gasteiger partial charge in [-0.15, -0.1) is 48.0 Å². The van der Waals surface area contributed by atoms with Crippen molar-refractivity contribution >= 4 is 55.6 Å². The van der Waals surface area contributed by atoms with Gasteiger partial charge < -0.3 is 23.7 Å². The molecule has 2 aromatic heterocycles. The first-order valence-corrected chi connectivity index (χ1v) is 19.7. The number of imidazole rings is 1. The molecule has 0 saturated heterocycles. The topological polar surface area (TPSA) is 38.5 Å². The number of hydrogen-bond acceptors (Lipinski definition) is 4. The standard InChI is InChI=1S/C55H42N5O.Pt/c1-55(2,3)39-32-45(37-18-7-5-8-19-37)53(46(33-39)38-20-9-6-10-21-38)59-36-58(50-28-15-16-29-51(50)59)40-22-17-23-41(34-40)61-42-30-31-44-43-24-11-13-26-48(43)60(52(44)35-42)54-56-47-25-12-14-27-49(47)57(54)4;/h5-33,36H,1-4H3;/q-3;/i4D3,11D,13D,17D,22D,23D,24D,26D,32D,33D;. The van der Waals surface area contributed by atoms with E-state index < -0.39 is 42.6 Å². The van der Waals surface area contributed by atoms with Crippen molar-refractivity contribution < 1.29 is 42.3 Å². The van der Waals surface area contributed by atoms with Gasteiger partial charge in [0.2, 0.25) is 5.95 Å². The Bertz CT molecular complexity index is 3840. The molecule has 0 radical (unpaired) electrons. The Labute approximate surface area is 393 Å². The Morgan fingerprint density at radius 1 is 0.645 bits per heavy atom. The molecule has 0 saturated carbocycles. The molecule has 0 unspecified atom stereocenters. The van der Waals surface area contributed by atoms with E-state index in [1.165, 1.54) is 10.6 Å². The summed E-state index contributed by atoms with van der Waals surface area (Å²) in [5.41, 5.74) is 5.09. The minimum Gasteiger partial charge on any atom is -0.509 e. The summed E-state index contributed by atoms with van der Waals surface area (Å²) in [6.45, 7) is 4.93. The monoisotopic (exact) mass is 995 g/mol. The van der Waals surface area contributed by atoms with Gasteiger partial charge in [0, 0.05) is 78.7 Å². The van der Waals surface area contributed by atoms with Gasteiger partial charge in [-0.05, 0) is 72.6 Å². The minimum atomic E-state index is -2.79. The zero-order chi connectivity index (χ0) is 51.6. The van der Waals surface area contributed by atoms with Gasteiger partial charge in [-0.1, -0.05) is 129 Å². The van der Waals surface area contributed by atoms with Crippen molar-refractivity contribution in [2.45, 2.75) is 26.2 Å². The maximum absolute atomic E-state index is 9.87. The average Bonchev–Trinajstić information content (AvgIpc) is 4.05. The molecular weight excluding hydrogens is 942 g/mol. The van der Waals surface area contributed by atoms with Crippen LogP contribution < -0.4 is 14.5 Å². The molecule has 306 valence electrons. The van der Waals surface area contributed by atoms with Gasteiger partial charge in [-0.25, -0.2) is 4.98 Å². The summed E-state index contributed by atoms with van der Waals surface area (Å²) in [5.74, 6) is -0.471. The molecular formula is C55H42N5OPt-3. The Balaban J connectivity index is 0.00000626. The number of para-hydroxylation sites is 5. The van der Waals surface area contributed by atoms with Gasteiger partial charge in [0.1, 0.15) is 0 Å². The first-order chi connectivity index (χ1) is 34.8. The Kier molecular flexibility index (Phi) is 6.98. The van der Waals surface area contributed by atoms with E-state index >= 15 is 0 Å². The third-order valence-electron chi connectivity index (χ3n) is 10.8. The van der Waals surface area contributed by atoms with Crippen LogP contribution in [0.3, 0.4) is 0 Å². The molecule has 0 aliphatic carbocycles. The summed E-state index contributed by atoms with van der Waals surface area (Å²) in [7, 11) is 0. The van der Waals surface area contributed by atoms with Gasteiger partial charge in [0.05, 0.1) is 19.3 Å². The third kappa shape index (κ3) is 6.67. The molecule has 8 aromatic carbocycles. The maximum Gasteiger partial charge on any atom is 0.213 e. The molecule has 3 heterocycles. The van der Waals surface area contributed by atoms with Crippen LogP contribution in [-0.2, 0) is 33.5 Å². The van der Waals surface area contributed by atoms with E-state index in [-0.39, 0.29) is 95.7 Å². The number of fused-ring (bicyclic) bond motifs is 5. The molecule has 10 aromatic rings. The van der Waals surface area contributed by atoms with Crippen LogP contribution in [0.5, 0.6) is 11.5 Å². The van der Waals surface area contributed by atoms with Crippen molar-refractivity contribution in [3.8, 4) is 39.7 Å². The number of ether oxygens (including phenoxy) is 1. The van der Waals surface area contributed by atoms with Gasteiger partial charge >= 0.3 is 0 Å². The number of benzene rings is 8. The number of anilines is 4. The van der Waals surface area contributed by atoms with E-state index in [4.69, 9.17) is 22.1 Å². The fourth-order valence-electron chi connectivity index (χ4n) is 7.88. The SMILES string of the molecule is [2H]c1c(Oc2[c-]c3c(cc2)c2c([2H])c([2H])c([2H])c([2H])c2n3-c2nc3ccccc3n2C([2H])([2H])[2H])[c-]c(N2[CH-]N(c3c(-c4ccccc4)c([2H])c(C(C)(C)C)c([2H])c3-c3ccccc3)c3ccccc32)c([2H])c1[2H].[Pt]. The minimum absolute atomic E-state index is 0. The molecule has 6 nitrogen and oxygen atoms in total. The Morgan fingerprint density at radius 2 is 1.31 bits per heavy atom. The molecule has 0 atom stereocenters. The van der Waals surface area contributed by atoms with E-state index in [1.54, 1.807) is 41.9 Å². The molecule has 7 heteroatoms. The molecule has 11 rings (SSSR count). The van der Waals surface area contributed by atoms with E-state index in [0.717, 1.165) is 15.7 Å². The van der Waals surface area contributed by atoms with E-state index in [9.17, 15) is 4.11 Å². The molecule has 1 aliphatic heterocycles. The van der Waals surface area contributed by atoms with Crippen molar-refractivity contribution in [3.05, 3.63) is 200 Å². The van der Waals surface area contributed by atoms with Crippen LogP contribution in [-0.4, -0.2) is 14.1 Å². The van der Waals surface area contributed by atoms with Crippen LogP contribution in [0.2, 0.25) is 0 Å². The van der Waals surface area contributed by atoms with Crippen LogP contribution in [0.4, 0.5) is 22.7 Å². The second kappa shape index (κ2) is 15.5. The number of aryl methyl sites for hydroxylation is 1. The largest absolute Gasteiger partial charge is 0.509 e. The predicted octanol–water partition coefficient (Wildman–Crippen LogP) is 14.1. The average molecular weight is 996 g/mol. The molecule has 0 N–H and O–H groups in total. The molecule has 0 amide bonds. The fraction of sp³-hybridized carbons (Fsp3) is 0.0909. The smallest absolute Gasteiger partial charge is 0.213 e. The molecule has 0 bridgehead atoms. The fourth-order valence-corrected chi connectivity index (χ4v) is 7.88. The Hall–Kier alpha value is -6.88. The Morgan fingerprint density at radius 3 is 2.02 bits per heavy atom. The second-order valence-electron chi connectivity index (χ2n) is 15.7. The van der Waals surface area contributed by atoms with Crippen LogP contribution in [0.25, 0.3) is 61.0 Å². The van der Waals surface area contributed by atoms with E-state index in [2.05, 4.69) is 12.1 Å². The predicted molar refractivity (Wildman–Crippen MR) is 250 cm³/mol. The number of aromatic nitrogens is 3. The van der Waals surface area contributed by atoms with Gasteiger partial charge in [-0.3, -0.25) is 0 Å². The number of rotatable bonds is 7. The second-order valence-corrected chi connectivity index (χ2v) is 15.7. The van der Waals surface area contributed by atoms with Crippen LogP contribution >= 0.6 is 0 Å². The van der Waals surface area contributed by atoms with Gasteiger partial charge in [0.25, 0.3) is 0 Å². The first kappa shape index (κ1) is 27.9. The zero-order valence-corrected chi connectivity index (χ0v) is 35.9. The summed E-state index contributed by atoms with van der Waals surface area (Å²) < 4.78 is 117. The molecule has 0 spiro atoms. The first-order valence-electron chi connectivity index (χ1n) is 25.7.